The summed E-state index contributed by atoms with van der Waals surface area (Å²) >= 11 is 0. The van der Waals surface area contributed by atoms with Crippen LogP contribution in [0, 0.1) is 18.6 Å². The molecule has 0 spiro atoms. The molecule has 1 nitrogen and oxygen atoms in total. The Balaban J connectivity index is 2.32. The Bertz CT molecular complexity index is 480. The van der Waals surface area contributed by atoms with Gasteiger partial charge in [-0.05, 0) is 44.2 Å². The van der Waals surface area contributed by atoms with Crippen molar-refractivity contribution in [1.82, 2.24) is 0 Å². The third-order valence-electron chi connectivity index (χ3n) is 3.86. The van der Waals surface area contributed by atoms with Crippen LogP contribution in [0.25, 0.3) is 0 Å². The highest BCUT2D eigenvalue weighted by Gasteiger charge is 2.21. The van der Waals surface area contributed by atoms with Gasteiger partial charge in [-0.2, -0.15) is 0 Å². The molecule has 19 heavy (non-hydrogen) atoms. The van der Waals surface area contributed by atoms with Crippen molar-refractivity contribution in [2.24, 2.45) is 5.73 Å². The maximum atomic E-state index is 14.1. The molecule has 0 bridgehead atoms. The average Bonchev–Trinajstić information content (AvgIpc) is 2.34. The second-order valence-electron chi connectivity index (χ2n) is 5.30. The fourth-order valence-electron chi connectivity index (χ4n) is 2.65. The third-order valence-corrected chi connectivity index (χ3v) is 3.86. The Kier molecular flexibility index (Phi) is 4.70. The molecule has 2 rings (SSSR count). The molecule has 0 saturated heterocycles. The van der Waals surface area contributed by atoms with Crippen LogP contribution in [0.3, 0.4) is 0 Å². The molecule has 0 fully saturated rings. The van der Waals surface area contributed by atoms with E-state index in [0.717, 1.165) is 31.3 Å². The number of hydrogen-bond donors (Lipinski definition) is 1. The predicted octanol–water partition coefficient (Wildman–Crippen LogP) is 4.55. The molecule has 0 amide bonds. The Hall–Kier alpha value is -1.22. The van der Waals surface area contributed by atoms with Crippen LogP contribution in [-0.2, 0) is 0 Å². The zero-order valence-electron chi connectivity index (χ0n) is 11.4. The summed E-state index contributed by atoms with van der Waals surface area (Å²) in [7, 11) is 0. The molecule has 0 radical (unpaired) electrons. The van der Waals surface area contributed by atoms with E-state index in [1.165, 1.54) is 25.0 Å². The quantitative estimate of drug-likeness (QED) is 0.780. The summed E-state index contributed by atoms with van der Waals surface area (Å²) in [6.07, 6.45) is 8.45. The third kappa shape index (κ3) is 3.21. The molecular weight excluding hydrogens is 244 g/mol. The minimum absolute atomic E-state index is 0.0202. The van der Waals surface area contributed by atoms with Gasteiger partial charge in [0.1, 0.15) is 11.6 Å². The minimum atomic E-state index is -0.655. The average molecular weight is 265 g/mol. The first kappa shape index (κ1) is 14.2. The van der Waals surface area contributed by atoms with Gasteiger partial charge in [-0.25, -0.2) is 8.78 Å². The van der Waals surface area contributed by atoms with Crippen LogP contribution in [0.4, 0.5) is 8.78 Å². The molecule has 0 aromatic heterocycles. The molecule has 1 aliphatic carbocycles. The second kappa shape index (κ2) is 6.29. The lowest BCUT2D eigenvalue weighted by Gasteiger charge is -2.20. The number of allylic oxidation sites excluding steroid dienone is 1. The molecule has 3 heteroatoms. The Morgan fingerprint density at radius 3 is 2.63 bits per heavy atom. The number of benzene rings is 1. The van der Waals surface area contributed by atoms with Crippen LogP contribution in [0.5, 0.6) is 0 Å². The van der Waals surface area contributed by atoms with E-state index >= 15 is 0 Å². The molecule has 1 aliphatic rings. The molecular formula is C16H21F2N. The Morgan fingerprint density at radius 2 is 1.84 bits per heavy atom. The summed E-state index contributed by atoms with van der Waals surface area (Å²) in [5.74, 6) is -1.05. The largest absolute Gasteiger partial charge is 0.320 e. The minimum Gasteiger partial charge on any atom is -0.320 e. The SMILES string of the molecule is Cc1ccc(F)c(C(N)/C2=C/CCCCCC2)c1F. The van der Waals surface area contributed by atoms with E-state index in [0.29, 0.717) is 5.56 Å². The van der Waals surface area contributed by atoms with Gasteiger partial charge in [0.05, 0.1) is 6.04 Å². The van der Waals surface area contributed by atoms with Gasteiger partial charge in [-0.15, -0.1) is 0 Å². The molecule has 0 aliphatic heterocycles. The summed E-state index contributed by atoms with van der Waals surface area (Å²) in [6.45, 7) is 1.64. The lowest BCUT2D eigenvalue weighted by atomic mass is 9.90. The van der Waals surface area contributed by atoms with E-state index < -0.39 is 17.7 Å². The van der Waals surface area contributed by atoms with E-state index in [9.17, 15) is 8.78 Å². The zero-order chi connectivity index (χ0) is 13.8. The molecule has 0 saturated carbocycles. The van der Waals surface area contributed by atoms with Crippen molar-refractivity contribution >= 4 is 0 Å². The smallest absolute Gasteiger partial charge is 0.134 e. The first-order valence-electron chi connectivity index (χ1n) is 7.00. The molecule has 1 atom stereocenters. The van der Waals surface area contributed by atoms with Crippen LogP contribution in [0.2, 0.25) is 0 Å². The van der Waals surface area contributed by atoms with E-state index in [2.05, 4.69) is 6.08 Å². The highest BCUT2D eigenvalue weighted by molar-refractivity contribution is 5.34. The predicted molar refractivity (Wildman–Crippen MR) is 73.8 cm³/mol. The second-order valence-corrected chi connectivity index (χ2v) is 5.30. The zero-order valence-corrected chi connectivity index (χ0v) is 11.4. The van der Waals surface area contributed by atoms with Crippen molar-refractivity contribution in [3.8, 4) is 0 Å². The maximum absolute atomic E-state index is 14.1. The highest BCUT2D eigenvalue weighted by Crippen LogP contribution is 2.31. The molecule has 0 heterocycles. The van der Waals surface area contributed by atoms with Gasteiger partial charge >= 0.3 is 0 Å². The van der Waals surface area contributed by atoms with Crippen molar-refractivity contribution in [3.05, 3.63) is 46.5 Å². The van der Waals surface area contributed by atoms with Crippen LogP contribution in [0.15, 0.2) is 23.8 Å². The number of halogens is 2. The summed E-state index contributed by atoms with van der Waals surface area (Å²) in [5, 5.41) is 0. The van der Waals surface area contributed by atoms with E-state index in [4.69, 9.17) is 5.73 Å². The van der Waals surface area contributed by atoms with Gasteiger partial charge < -0.3 is 5.73 Å². The summed E-state index contributed by atoms with van der Waals surface area (Å²) in [6, 6.07) is 2.10. The van der Waals surface area contributed by atoms with Crippen LogP contribution in [-0.4, -0.2) is 0 Å². The van der Waals surface area contributed by atoms with Gasteiger partial charge in [0.2, 0.25) is 0 Å². The van der Waals surface area contributed by atoms with E-state index in [1.807, 2.05) is 0 Å². The van der Waals surface area contributed by atoms with Gasteiger partial charge in [0.15, 0.2) is 0 Å². The number of nitrogens with two attached hydrogens (primary N) is 1. The monoisotopic (exact) mass is 265 g/mol. The first-order valence-corrected chi connectivity index (χ1v) is 7.00. The van der Waals surface area contributed by atoms with Crippen molar-refractivity contribution in [3.63, 3.8) is 0 Å². The normalized spacial score (nSPS) is 21.2. The maximum Gasteiger partial charge on any atom is 0.134 e. The Morgan fingerprint density at radius 1 is 1.11 bits per heavy atom. The fraction of sp³-hybridized carbons (Fsp3) is 0.500. The standard InChI is InChI=1S/C16H21F2N/c1-11-9-10-13(17)14(15(11)18)16(19)12-7-5-3-2-4-6-8-12/h7,9-10,16H,2-6,8,19H2,1H3/b12-7+. The molecule has 1 aromatic rings. The van der Waals surface area contributed by atoms with E-state index in [-0.39, 0.29) is 5.56 Å². The first-order chi connectivity index (χ1) is 9.11. The lowest BCUT2D eigenvalue weighted by Crippen LogP contribution is -2.18. The highest BCUT2D eigenvalue weighted by atomic mass is 19.1. The van der Waals surface area contributed by atoms with Crippen molar-refractivity contribution in [2.45, 2.75) is 51.5 Å². The van der Waals surface area contributed by atoms with Crippen LogP contribution < -0.4 is 5.73 Å². The summed E-state index contributed by atoms with van der Waals surface area (Å²) in [5.41, 5.74) is 7.55. The molecule has 104 valence electrons. The van der Waals surface area contributed by atoms with Crippen molar-refractivity contribution in [1.29, 1.82) is 0 Å². The van der Waals surface area contributed by atoms with Gasteiger partial charge in [0.25, 0.3) is 0 Å². The molecule has 2 N–H and O–H groups in total. The molecule has 1 unspecified atom stereocenters. The summed E-state index contributed by atoms with van der Waals surface area (Å²) in [4.78, 5) is 0. The molecule has 1 aromatic carbocycles. The number of aryl methyl sites for hydroxylation is 1. The fourth-order valence-corrected chi connectivity index (χ4v) is 2.65. The Labute approximate surface area is 113 Å². The van der Waals surface area contributed by atoms with Gasteiger partial charge in [-0.1, -0.05) is 30.6 Å². The topological polar surface area (TPSA) is 26.0 Å². The van der Waals surface area contributed by atoms with Crippen LogP contribution >= 0.6 is 0 Å². The van der Waals surface area contributed by atoms with Crippen molar-refractivity contribution < 1.29 is 8.78 Å². The number of hydrogen-bond acceptors (Lipinski definition) is 1. The van der Waals surface area contributed by atoms with Gasteiger partial charge in [-0.3, -0.25) is 0 Å². The lowest BCUT2D eigenvalue weighted by molar-refractivity contribution is 0.525. The van der Waals surface area contributed by atoms with Crippen molar-refractivity contribution in [2.75, 3.05) is 0 Å². The summed E-state index contributed by atoms with van der Waals surface area (Å²) < 4.78 is 28.0. The van der Waals surface area contributed by atoms with E-state index in [1.54, 1.807) is 6.92 Å². The number of rotatable bonds is 2. The van der Waals surface area contributed by atoms with Gasteiger partial charge in [0, 0.05) is 5.56 Å². The van der Waals surface area contributed by atoms with Crippen LogP contribution in [0.1, 0.15) is 55.7 Å².